The smallest absolute Gasteiger partial charge is 0.351 e. The molecule has 1 fully saturated rings. The monoisotopic (exact) mass is 504 g/mol. The van der Waals surface area contributed by atoms with Gasteiger partial charge < -0.3 is 9.47 Å². The summed E-state index contributed by atoms with van der Waals surface area (Å²) in [6, 6.07) is 13.2. The molecule has 5 rings (SSSR count). The number of hydrogen-bond donors (Lipinski definition) is 1. The molecule has 1 N–H and O–H groups in total. The van der Waals surface area contributed by atoms with Crippen LogP contribution in [0.15, 0.2) is 52.1 Å². The second-order valence-electron chi connectivity index (χ2n) is 10.2. The zero-order valence-electron chi connectivity index (χ0n) is 21.7. The molecular weight excluding hydrogens is 472 g/mol. The molecule has 0 saturated carbocycles. The van der Waals surface area contributed by atoms with Crippen LogP contribution in [0.4, 0.5) is 0 Å². The topological polar surface area (TPSA) is 107 Å². The van der Waals surface area contributed by atoms with E-state index in [1.54, 1.807) is 11.7 Å². The minimum Gasteiger partial charge on any atom is -0.492 e. The molecule has 0 unspecified atom stereocenters. The van der Waals surface area contributed by atoms with Gasteiger partial charge in [0, 0.05) is 49.1 Å². The van der Waals surface area contributed by atoms with Crippen molar-refractivity contribution in [2.75, 3.05) is 39.5 Å². The van der Waals surface area contributed by atoms with Crippen LogP contribution in [0.2, 0.25) is 0 Å². The molecule has 2 aromatic carbocycles. The highest BCUT2D eigenvalue weighted by Gasteiger charge is 2.22. The standard InChI is InChI=1S/C27H32N6O4/c1-27(2,3)22-17-23(31(4)29-22)33-26(35)28-25(34)24(30-33)20-9-10-21(19-8-6-5-7-18(19)20)37-16-13-32-11-14-36-15-12-32/h5-10,17H,11-16H2,1-4H3,(H,28,34,35). The SMILES string of the molecule is Cn1nc(C(C)(C)C)cc1-n1nc(-c2ccc(OCCN3CCOCC3)c3ccccc23)c(=O)[nH]c1=O. The van der Waals surface area contributed by atoms with Crippen LogP contribution in [0.3, 0.4) is 0 Å². The van der Waals surface area contributed by atoms with E-state index in [1.807, 2.05) is 63.2 Å². The quantitative estimate of drug-likeness (QED) is 0.430. The van der Waals surface area contributed by atoms with Gasteiger partial charge in [0.25, 0.3) is 5.56 Å². The highest BCUT2D eigenvalue weighted by molar-refractivity contribution is 5.99. The Kier molecular flexibility index (Phi) is 6.70. The average molecular weight is 505 g/mol. The van der Waals surface area contributed by atoms with Gasteiger partial charge in [-0.1, -0.05) is 45.0 Å². The molecule has 1 saturated heterocycles. The number of nitrogens with zero attached hydrogens (tertiary/aromatic N) is 5. The molecule has 37 heavy (non-hydrogen) atoms. The van der Waals surface area contributed by atoms with Gasteiger partial charge in [-0.2, -0.15) is 14.9 Å². The number of aromatic amines is 1. The summed E-state index contributed by atoms with van der Waals surface area (Å²) in [6.07, 6.45) is 0. The first kappa shape index (κ1) is 24.9. The first-order chi connectivity index (χ1) is 17.7. The normalized spacial score (nSPS) is 14.8. The van der Waals surface area contributed by atoms with E-state index < -0.39 is 11.2 Å². The molecule has 0 atom stereocenters. The lowest BCUT2D eigenvalue weighted by atomic mass is 9.92. The molecule has 0 amide bonds. The number of aryl methyl sites for hydroxylation is 1. The first-order valence-corrected chi connectivity index (χ1v) is 12.5. The first-order valence-electron chi connectivity index (χ1n) is 12.5. The number of benzene rings is 2. The molecule has 2 aromatic heterocycles. The fraction of sp³-hybridized carbons (Fsp3) is 0.407. The minimum absolute atomic E-state index is 0.147. The molecule has 4 aromatic rings. The molecule has 10 nitrogen and oxygen atoms in total. The van der Waals surface area contributed by atoms with Gasteiger partial charge in [-0.3, -0.25) is 19.4 Å². The number of ether oxygens (including phenoxy) is 2. The third kappa shape index (κ3) is 5.07. The molecular formula is C27H32N6O4. The Bertz CT molecular complexity index is 1540. The third-order valence-electron chi connectivity index (χ3n) is 6.58. The van der Waals surface area contributed by atoms with Crippen LogP contribution in [-0.2, 0) is 17.2 Å². The van der Waals surface area contributed by atoms with Crippen molar-refractivity contribution >= 4 is 10.8 Å². The summed E-state index contributed by atoms with van der Waals surface area (Å²) in [6.45, 7) is 10.8. The van der Waals surface area contributed by atoms with Gasteiger partial charge in [-0.25, -0.2) is 4.79 Å². The van der Waals surface area contributed by atoms with E-state index in [-0.39, 0.29) is 11.1 Å². The molecule has 0 radical (unpaired) electrons. The summed E-state index contributed by atoms with van der Waals surface area (Å²) in [5.41, 5.74) is 0.197. The zero-order chi connectivity index (χ0) is 26.2. The van der Waals surface area contributed by atoms with Crippen LogP contribution in [0.1, 0.15) is 26.5 Å². The van der Waals surface area contributed by atoms with Crippen LogP contribution in [-0.4, -0.2) is 68.9 Å². The van der Waals surface area contributed by atoms with Crippen LogP contribution in [0.5, 0.6) is 5.75 Å². The molecule has 194 valence electrons. The van der Waals surface area contributed by atoms with Crippen molar-refractivity contribution in [1.82, 2.24) is 29.4 Å². The van der Waals surface area contributed by atoms with Gasteiger partial charge in [0.05, 0.1) is 18.9 Å². The van der Waals surface area contributed by atoms with Gasteiger partial charge in [0.15, 0.2) is 11.5 Å². The van der Waals surface area contributed by atoms with Gasteiger partial charge in [0.2, 0.25) is 0 Å². The molecule has 0 aliphatic carbocycles. The van der Waals surface area contributed by atoms with Gasteiger partial charge in [0.1, 0.15) is 12.4 Å². The number of rotatable bonds is 6. The van der Waals surface area contributed by atoms with Crippen LogP contribution >= 0.6 is 0 Å². The lowest BCUT2D eigenvalue weighted by Crippen LogP contribution is -2.38. The number of aromatic nitrogens is 5. The Hall–Kier alpha value is -3.76. The summed E-state index contributed by atoms with van der Waals surface area (Å²) in [5, 5.41) is 10.7. The highest BCUT2D eigenvalue weighted by Crippen LogP contribution is 2.32. The maximum atomic E-state index is 12.9. The Morgan fingerprint density at radius 1 is 1.03 bits per heavy atom. The second kappa shape index (κ2) is 9.95. The van der Waals surface area contributed by atoms with E-state index in [2.05, 4.69) is 20.1 Å². The van der Waals surface area contributed by atoms with Gasteiger partial charge in [-0.15, -0.1) is 0 Å². The van der Waals surface area contributed by atoms with Crippen molar-refractivity contribution in [2.24, 2.45) is 7.05 Å². The minimum atomic E-state index is -0.621. The van der Waals surface area contributed by atoms with Gasteiger partial charge in [-0.05, 0) is 17.5 Å². The van der Waals surface area contributed by atoms with Crippen molar-refractivity contribution in [3.63, 3.8) is 0 Å². The van der Waals surface area contributed by atoms with Crippen molar-refractivity contribution in [3.8, 4) is 22.8 Å². The molecule has 1 aliphatic heterocycles. The van der Waals surface area contributed by atoms with Gasteiger partial charge >= 0.3 is 5.69 Å². The summed E-state index contributed by atoms with van der Waals surface area (Å²) < 4.78 is 14.4. The van der Waals surface area contributed by atoms with E-state index in [9.17, 15) is 9.59 Å². The number of H-pyrrole nitrogens is 1. The van der Waals surface area contributed by atoms with Crippen LogP contribution in [0, 0.1) is 0 Å². The van der Waals surface area contributed by atoms with E-state index in [0.29, 0.717) is 18.0 Å². The van der Waals surface area contributed by atoms with Crippen LogP contribution < -0.4 is 16.0 Å². The summed E-state index contributed by atoms with van der Waals surface area (Å²) >= 11 is 0. The average Bonchev–Trinajstić information content (AvgIpc) is 3.27. The van der Waals surface area contributed by atoms with E-state index in [4.69, 9.17) is 9.47 Å². The van der Waals surface area contributed by atoms with Crippen LogP contribution in [0.25, 0.3) is 27.8 Å². The van der Waals surface area contributed by atoms with E-state index in [0.717, 1.165) is 55.1 Å². The lowest BCUT2D eigenvalue weighted by Gasteiger charge is -2.26. The summed E-state index contributed by atoms with van der Waals surface area (Å²) in [4.78, 5) is 30.5. The van der Waals surface area contributed by atoms with E-state index in [1.165, 1.54) is 4.68 Å². The Morgan fingerprint density at radius 3 is 2.46 bits per heavy atom. The second-order valence-corrected chi connectivity index (χ2v) is 10.2. The largest absolute Gasteiger partial charge is 0.492 e. The zero-order valence-corrected chi connectivity index (χ0v) is 21.7. The number of nitrogens with one attached hydrogen (secondary N) is 1. The van der Waals surface area contributed by atoms with Crippen molar-refractivity contribution in [2.45, 2.75) is 26.2 Å². The Morgan fingerprint density at radius 2 is 1.76 bits per heavy atom. The Balaban J connectivity index is 1.52. The van der Waals surface area contributed by atoms with Crippen molar-refractivity contribution in [3.05, 3.63) is 69.0 Å². The lowest BCUT2D eigenvalue weighted by molar-refractivity contribution is 0.0323. The Labute approximate surface area is 214 Å². The molecule has 10 heteroatoms. The fourth-order valence-electron chi connectivity index (χ4n) is 4.47. The number of fused-ring (bicyclic) bond motifs is 1. The summed E-state index contributed by atoms with van der Waals surface area (Å²) in [5.74, 6) is 1.21. The molecule has 1 aliphatic rings. The number of morpholine rings is 1. The molecule has 3 heterocycles. The van der Waals surface area contributed by atoms with Crippen molar-refractivity contribution < 1.29 is 9.47 Å². The number of hydrogen-bond acceptors (Lipinski definition) is 7. The maximum Gasteiger partial charge on any atom is 0.351 e. The molecule has 0 spiro atoms. The predicted molar refractivity (Wildman–Crippen MR) is 142 cm³/mol. The predicted octanol–water partition coefficient (Wildman–Crippen LogP) is 2.48. The maximum absolute atomic E-state index is 12.9. The molecule has 0 bridgehead atoms. The third-order valence-corrected chi connectivity index (χ3v) is 6.58. The van der Waals surface area contributed by atoms with E-state index >= 15 is 0 Å². The fourth-order valence-corrected chi connectivity index (χ4v) is 4.47. The van der Waals surface area contributed by atoms with Crippen molar-refractivity contribution in [1.29, 1.82) is 0 Å². The summed E-state index contributed by atoms with van der Waals surface area (Å²) in [7, 11) is 1.75. The highest BCUT2D eigenvalue weighted by atomic mass is 16.5.